The van der Waals surface area contributed by atoms with Crippen molar-refractivity contribution in [2.24, 2.45) is 5.41 Å². The van der Waals surface area contributed by atoms with Crippen LogP contribution in [0.15, 0.2) is 78.9 Å². The molecule has 50 heavy (non-hydrogen) atoms. The Morgan fingerprint density at radius 3 is 2.18 bits per heavy atom. The van der Waals surface area contributed by atoms with Crippen LogP contribution in [0.2, 0.25) is 5.02 Å². The molecule has 3 aromatic carbocycles. The van der Waals surface area contributed by atoms with Crippen molar-refractivity contribution in [2.75, 3.05) is 11.4 Å². The van der Waals surface area contributed by atoms with Crippen molar-refractivity contribution >= 4 is 46.9 Å². The molecule has 2 fully saturated rings. The fourth-order valence-corrected chi connectivity index (χ4v) is 7.37. The van der Waals surface area contributed by atoms with Gasteiger partial charge in [-0.25, -0.2) is 4.79 Å². The van der Waals surface area contributed by atoms with Gasteiger partial charge in [0.1, 0.15) is 18.2 Å². The highest BCUT2D eigenvalue weighted by molar-refractivity contribution is 6.30. The monoisotopic (exact) mass is 700 g/mol. The highest BCUT2D eigenvalue weighted by atomic mass is 35.5. The van der Waals surface area contributed by atoms with Crippen LogP contribution in [0, 0.1) is 5.41 Å². The second-order valence-electron chi connectivity index (χ2n) is 13.3. The average Bonchev–Trinajstić information content (AvgIpc) is 3.69. The van der Waals surface area contributed by atoms with Crippen molar-refractivity contribution in [1.82, 2.24) is 15.5 Å². The van der Waals surface area contributed by atoms with Crippen molar-refractivity contribution < 1.29 is 29.1 Å². The van der Waals surface area contributed by atoms with E-state index in [0.29, 0.717) is 54.9 Å². The molecule has 0 spiro atoms. The molecule has 2 unspecified atom stereocenters. The van der Waals surface area contributed by atoms with Crippen LogP contribution in [-0.2, 0) is 36.8 Å². The molecule has 10 nitrogen and oxygen atoms in total. The SMILES string of the molecule is CCCC(=O)N1C(c2ccccc2)N(c2ccc(CC(NC(=O)C3(CCNC(C)=O)CCCC3)C(=O)O)cc2)C(=O)[C@H]1Cc1ccc(Cl)cc1. The van der Waals surface area contributed by atoms with Gasteiger partial charge in [0.15, 0.2) is 0 Å². The minimum absolute atomic E-state index is 0.0412. The maximum atomic E-state index is 14.4. The number of hydrogen-bond acceptors (Lipinski definition) is 5. The second-order valence-corrected chi connectivity index (χ2v) is 13.8. The first-order valence-corrected chi connectivity index (χ1v) is 17.7. The number of anilines is 1. The molecule has 1 heterocycles. The number of rotatable bonds is 14. The Morgan fingerprint density at radius 1 is 0.940 bits per heavy atom. The Labute approximate surface area is 298 Å². The van der Waals surface area contributed by atoms with Crippen LogP contribution in [0.1, 0.15) is 81.6 Å². The number of carbonyl (C=O) groups excluding carboxylic acids is 4. The molecule has 1 saturated carbocycles. The topological polar surface area (TPSA) is 136 Å². The maximum Gasteiger partial charge on any atom is 0.326 e. The van der Waals surface area contributed by atoms with Crippen LogP contribution in [0.25, 0.3) is 0 Å². The summed E-state index contributed by atoms with van der Waals surface area (Å²) in [7, 11) is 0. The number of amides is 4. The quantitative estimate of drug-likeness (QED) is 0.194. The third-order valence-electron chi connectivity index (χ3n) is 9.84. The number of benzene rings is 3. The summed E-state index contributed by atoms with van der Waals surface area (Å²) in [5.41, 5.74) is 2.19. The summed E-state index contributed by atoms with van der Waals surface area (Å²) in [6.07, 6.45) is 4.06. The van der Waals surface area contributed by atoms with E-state index in [4.69, 9.17) is 11.6 Å². The molecule has 5 rings (SSSR count). The Hall–Kier alpha value is -4.70. The lowest BCUT2D eigenvalue weighted by atomic mass is 9.81. The largest absolute Gasteiger partial charge is 0.480 e. The highest BCUT2D eigenvalue weighted by Crippen LogP contribution is 2.42. The summed E-state index contributed by atoms with van der Waals surface area (Å²) < 4.78 is 0. The van der Waals surface area contributed by atoms with Crippen molar-refractivity contribution in [3.05, 3.63) is 101 Å². The van der Waals surface area contributed by atoms with E-state index >= 15 is 0 Å². The smallest absolute Gasteiger partial charge is 0.326 e. The third-order valence-corrected chi connectivity index (χ3v) is 10.1. The van der Waals surface area contributed by atoms with E-state index < -0.39 is 29.6 Å². The fourth-order valence-electron chi connectivity index (χ4n) is 7.24. The molecule has 264 valence electrons. The number of hydrogen-bond donors (Lipinski definition) is 3. The minimum Gasteiger partial charge on any atom is -0.480 e. The molecule has 0 bridgehead atoms. The predicted molar refractivity (Wildman–Crippen MR) is 191 cm³/mol. The van der Waals surface area contributed by atoms with Crippen molar-refractivity contribution in [3.8, 4) is 0 Å². The Bertz CT molecular complexity index is 1670. The lowest BCUT2D eigenvalue weighted by Crippen LogP contribution is -2.49. The van der Waals surface area contributed by atoms with Gasteiger partial charge < -0.3 is 20.6 Å². The van der Waals surface area contributed by atoms with Gasteiger partial charge >= 0.3 is 5.97 Å². The van der Waals surface area contributed by atoms with Gasteiger partial charge in [0.05, 0.1) is 5.41 Å². The zero-order valence-corrected chi connectivity index (χ0v) is 29.3. The van der Waals surface area contributed by atoms with E-state index in [0.717, 1.165) is 24.0 Å². The maximum absolute atomic E-state index is 14.4. The lowest BCUT2D eigenvalue weighted by molar-refractivity contribution is -0.144. The molecule has 0 radical (unpaired) electrons. The van der Waals surface area contributed by atoms with Crippen molar-refractivity contribution in [2.45, 2.75) is 89.9 Å². The molecular formula is C39H45ClN4O6. The summed E-state index contributed by atoms with van der Waals surface area (Å²) in [6, 6.07) is 21.9. The molecule has 3 aromatic rings. The normalized spacial score (nSPS) is 18.9. The average molecular weight is 701 g/mol. The molecule has 0 aromatic heterocycles. The number of carboxylic acids is 1. The van der Waals surface area contributed by atoms with E-state index in [9.17, 15) is 29.1 Å². The summed E-state index contributed by atoms with van der Waals surface area (Å²) >= 11 is 6.13. The Kier molecular flexibility index (Phi) is 12.0. The van der Waals surface area contributed by atoms with Crippen LogP contribution in [0.5, 0.6) is 0 Å². The number of nitrogens with zero attached hydrogens (tertiary/aromatic N) is 2. The first-order chi connectivity index (χ1) is 24.0. The second kappa shape index (κ2) is 16.3. The van der Waals surface area contributed by atoms with Crippen LogP contribution < -0.4 is 15.5 Å². The van der Waals surface area contributed by atoms with Crippen LogP contribution in [-0.4, -0.2) is 58.2 Å². The molecule has 1 saturated heterocycles. The van der Waals surface area contributed by atoms with Gasteiger partial charge in [0.2, 0.25) is 17.7 Å². The van der Waals surface area contributed by atoms with E-state index in [2.05, 4.69) is 10.6 Å². The molecule has 2 aliphatic rings. The van der Waals surface area contributed by atoms with Crippen LogP contribution >= 0.6 is 11.6 Å². The molecule has 1 aliphatic carbocycles. The predicted octanol–water partition coefficient (Wildman–Crippen LogP) is 5.82. The van der Waals surface area contributed by atoms with Gasteiger partial charge in [-0.1, -0.05) is 86.0 Å². The van der Waals surface area contributed by atoms with E-state index in [1.165, 1.54) is 6.92 Å². The van der Waals surface area contributed by atoms with Gasteiger partial charge in [-0.15, -0.1) is 0 Å². The number of halogens is 1. The molecule has 4 amide bonds. The highest BCUT2D eigenvalue weighted by Gasteiger charge is 2.49. The Morgan fingerprint density at radius 2 is 1.58 bits per heavy atom. The van der Waals surface area contributed by atoms with Gasteiger partial charge in [-0.2, -0.15) is 0 Å². The van der Waals surface area contributed by atoms with Crippen LogP contribution in [0.4, 0.5) is 5.69 Å². The molecule has 1 aliphatic heterocycles. The Balaban J connectivity index is 1.40. The van der Waals surface area contributed by atoms with Crippen LogP contribution in [0.3, 0.4) is 0 Å². The zero-order valence-electron chi connectivity index (χ0n) is 28.6. The summed E-state index contributed by atoms with van der Waals surface area (Å²) in [4.78, 5) is 68.8. The first-order valence-electron chi connectivity index (χ1n) is 17.3. The molecule has 11 heteroatoms. The van der Waals surface area contributed by atoms with E-state index in [1.807, 2.05) is 49.4 Å². The van der Waals surface area contributed by atoms with Gasteiger partial charge in [0, 0.05) is 43.4 Å². The molecule has 3 N–H and O–H groups in total. The fraction of sp³-hybridized carbons (Fsp3) is 0.410. The van der Waals surface area contributed by atoms with Crippen molar-refractivity contribution in [3.63, 3.8) is 0 Å². The molecular weight excluding hydrogens is 656 g/mol. The van der Waals surface area contributed by atoms with Crippen molar-refractivity contribution in [1.29, 1.82) is 0 Å². The van der Waals surface area contributed by atoms with E-state index in [1.54, 1.807) is 46.2 Å². The number of carboxylic acid groups (broad SMARTS) is 1. The summed E-state index contributed by atoms with van der Waals surface area (Å²) in [5.74, 6) is -1.96. The lowest BCUT2D eigenvalue weighted by Gasteiger charge is -2.32. The molecule has 3 atom stereocenters. The van der Waals surface area contributed by atoms with Gasteiger partial charge in [-0.05, 0) is 66.6 Å². The number of nitrogens with one attached hydrogen (secondary N) is 2. The standard InChI is InChI=1S/C39H45ClN4O6/c1-3-9-34(46)44-33(25-28-12-16-30(40)17-13-28)36(47)43(35(44)29-10-5-4-6-11-29)31-18-14-27(15-19-31)24-32(37(48)49)42-38(50)39(20-7-8-21-39)22-23-41-26(2)45/h4-6,10-19,32-33,35H,3,7-9,20-25H2,1-2H3,(H,41,45)(H,42,50)(H,48,49)/t32?,33-,35?/m1/s1. The zero-order chi connectivity index (χ0) is 35.8. The third kappa shape index (κ3) is 8.35. The van der Waals surface area contributed by atoms with Gasteiger partial charge in [0.25, 0.3) is 5.91 Å². The summed E-state index contributed by atoms with van der Waals surface area (Å²) in [5, 5.41) is 16.2. The first kappa shape index (κ1) is 36.6. The van der Waals surface area contributed by atoms with E-state index in [-0.39, 0.29) is 36.5 Å². The minimum atomic E-state index is -1.16. The summed E-state index contributed by atoms with van der Waals surface area (Å²) in [6.45, 7) is 3.71. The number of aliphatic carboxylic acids is 1. The number of carbonyl (C=O) groups is 5. The van der Waals surface area contributed by atoms with Gasteiger partial charge in [-0.3, -0.25) is 24.1 Å².